The van der Waals surface area contributed by atoms with Crippen LogP contribution in [0.25, 0.3) is 10.9 Å². The molecule has 0 unspecified atom stereocenters. The van der Waals surface area contributed by atoms with Crippen molar-refractivity contribution in [1.82, 2.24) is 14.9 Å². The Balaban J connectivity index is 1.51. The van der Waals surface area contributed by atoms with E-state index >= 15 is 0 Å². The van der Waals surface area contributed by atoms with Crippen molar-refractivity contribution in [1.29, 1.82) is 0 Å². The number of hydrogen-bond donors (Lipinski definition) is 0. The van der Waals surface area contributed by atoms with Crippen LogP contribution in [0.5, 0.6) is 0 Å². The van der Waals surface area contributed by atoms with Gasteiger partial charge in [0.25, 0.3) is 5.91 Å². The van der Waals surface area contributed by atoms with Crippen LogP contribution in [0.1, 0.15) is 16.3 Å². The predicted octanol–water partition coefficient (Wildman–Crippen LogP) is 3.15. The highest BCUT2D eigenvalue weighted by molar-refractivity contribution is 6.31. The number of anilines is 1. The molecule has 2 aromatic heterocycles. The molecular formula is C18H17ClN4O2. The van der Waals surface area contributed by atoms with Gasteiger partial charge in [0.05, 0.1) is 5.52 Å². The van der Waals surface area contributed by atoms with Crippen LogP contribution in [0.4, 0.5) is 5.82 Å². The summed E-state index contributed by atoms with van der Waals surface area (Å²) in [5, 5.41) is 1.62. The van der Waals surface area contributed by atoms with Crippen LogP contribution in [0.15, 0.2) is 41.1 Å². The summed E-state index contributed by atoms with van der Waals surface area (Å²) < 4.78 is 5.44. The molecule has 3 aromatic rings. The average Bonchev–Trinajstić information content (AvgIpc) is 3.07. The van der Waals surface area contributed by atoms with Crippen molar-refractivity contribution in [3.63, 3.8) is 0 Å². The second-order valence-corrected chi connectivity index (χ2v) is 6.48. The molecule has 0 saturated carbocycles. The predicted molar refractivity (Wildman–Crippen MR) is 96.1 cm³/mol. The lowest BCUT2D eigenvalue weighted by atomic mass is 10.2. The van der Waals surface area contributed by atoms with Gasteiger partial charge in [0.1, 0.15) is 17.9 Å². The highest BCUT2D eigenvalue weighted by Crippen LogP contribution is 2.26. The lowest BCUT2D eigenvalue weighted by Crippen LogP contribution is -2.49. The molecule has 4 rings (SSSR count). The monoisotopic (exact) mass is 356 g/mol. The Labute approximate surface area is 150 Å². The number of halogens is 1. The van der Waals surface area contributed by atoms with Gasteiger partial charge in [-0.05, 0) is 37.3 Å². The largest absolute Gasteiger partial charge is 0.456 e. The fourth-order valence-electron chi connectivity index (χ4n) is 3.09. The molecule has 1 aliphatic rings. The Kier molecular flexibility index (Phi) is 4.05. The Morgan fingerprint density at radius 2 is 1.92 bits per heavy atom. The molecule has 7 heteroatoms. The fraction of sp³-hybridized carbons (Fsp3) is 0.278. The molecular weight excluding hydrogens is 340 g/mol. The zero-order valence-corrected chi connectivity index (χ0v) is 14.5. The number of piperazine rings is 1. The van der Waals surface area contributed by atoms with Crippen molar-refractivity contribution < 1.29 is 9.21 Å². The molecule has 1 aromatic carbocycles. The first-order valence-electron chi connectivity index (χ1n) is 8.13. The summed E-state index contributed by atoms with van der Waals surface area (Å²) in [5.74, 6) is 1.95. The van der Waals surface area contributed by atoms with E-state index in [-0.39, 0.29) is 5.91 Å². The normalized spacial score (nSPS) is 15.0. The topological polar surface area (TPSA) is 62.5 Å². The number of rotatable bonds is 2. The SMILES string of the molecule is Cc1ccc(C(=O)N2CCN(c3ncnc4cc(Cl)ccc34)CC2)o1. The molecule has 0 atom stereocenters. The number of carbonyl (C=O) groups is 1. The Morgan fingerprint density at radius 3 is 2.64 bits per heavy atom. The third-order valence-corrected chi connectivity index (χ3v) is 4.63. The zero-order chi connectivity index (χ0) is 17.4. The number of aryl methyl sites for hydroxylation is 1. The van der Waals surface area contributed by atoms with Crippen molar-refractivity contribution >= 4 is 34.2 Å². The number of furan rings is 1. The van der Waals surface area contributed by atoms with Gasteiger partial charge in [-0.2, -0.15) is 0 Å². The molecule has 0 bridgehead atoms. The maximum atomic E-state index is 12.5. The fourth-order valence-corrected chi connectivity index (χ4v) is 3.26. The third-order valence-electron chi connectivity index (χ3n) is 4.40. The first-order chi connectivity index (χ1) is 12.1. The van der Waals surface area contributed by atoms with Crippen LogP contribution >= 0.6 is 11.6 Å². The summed E-state index contributed by atoms with van der Waals surface area (Å²) in [6.07, 6.45) is 1.55. The van der Waals surface area contributed by atoms with Crippen molar-refractivity contribution in [2.75, 3.05) is 31.1 Å². The number of amides is 1. The highest BCUT2D eigenvalue weighted by Gasteiger charge is 2.25. The van der Waals surface area contributed by atoms with Crippen molar-refractivity contribution in [3.8, 4) is 0 Å². The van der Waals surface area contributed by atoms with E-state index in [2.05, 4.69) is 14.9 Å². The van der Waals surface area contributed by atoms with Gasteiger partial charge in [-0.1, -0.05) is 11.6 Å². The maximum absolute atomic E-state index is 12.5. The van der Waals surface area contributed by atoms with E-state index in [4.69, 9.17) is 16.0 Å². The minimum Gasteiger partial charge on any atom is -0.456 e. The Bertz CT molecular complexity index is 932. The molecule has 6 nitrogen and oxygen atoms in total. The number of aromatic nitrogens is 2. The Hall–Kier alpha value is -2.60. The number of nitrogens with zero attached hydrogens (tertiary/aromatic N) is 4. The van der Waals surface area contributed by atoms with Gasteiger partial charge in [-0.15, -0.1) is 0 Å². The van der Waals surface area contributed by atoms with Crippen LogP contribution < -0.4 is 4.90 Å². The van der Waals surface area contributed by atoms with Crippen molar-refractivity contribution in [3.05, 3.63) is 53.2 Å². The summed E-state index contributed by atoms with van der Waals surface area (Å²) in [7, 11) is 0. The number of benzene rings is 1. The van der Waals surface area contributed by atoms with E-state index in [1.165, 1.54) is 0 Å². The van der Waals surface area contributed by atoms with E-state index in [0.717, 1.165) is 22.5 Å². The molecule has 25 heavy (non-hydrogen) atoms. The van der Waals surface area contributed by atoms with Crippen LogP contribution in [-0.4, -0.2) is 47.0 Å². The molecule has 1 aliphatic heterocycles. The first kappa shape index (κ1) is 15.9. The number of carbonyl (C=O) groups excluding carboxylic acids is 1. The van der Waals surface area contributed by atoms with Gasteiger partial charge < -0.3 is 14.2 Å². The second kappa shape index (κ2) is 6.37. The summed E-state index contributed by atoms with van der Waals surface area (Å²) in [6, 6.07) is 9.15. The summed E-state index contributed by atoms with van der Waals surface area (Å²) in [5.41, 5.74) is 0.821. The molecule has 1 saturated heterocycles. The van der Waals surface area contributed by atoms with Crippen LogP contribution in [0, 0.1) is 6.92 Å². The van der Waals surface area contributed by atoms with Gasteiger partial charge >= 0.3 is 0 Å². The molecule has 0 aliphatic carbocycles. The summed E-state index contributed by atoms with van der Waals surface area (Å²) in [4.78, 5) is 25.2. The number of fused-ring (bicyclic) bond motifs is 1. The average molecular weight is 357 g/mol. The molecule has 0 radical (unpaired) electrons. The van der Waals surface area contributed by atoms with E-state index < -0.39 is 0 Å². The van der Waals surface area contributed by atoms with Gasteiger partial charge in [-0.25, -0.2) is 9.97 Å². The Morgan fingerprint density at radius 1 is 1.12 bits per heavy atom. The quantitative estimate of drug-likeness (QED) is 0.705. The summed E-state index contributed by atoms with van der Waals surface area (Å²) in [6.45, 7) is 4.50. The molecule has 0 spiro atoms. The smallest absolute Gasteiger partial charge is 0.289 e. The van der Waals surface area contributed by atoms with E-state index in [9.17, 15) is 4.79 Å². The first-order valence-corrected chi connectivity index (χ1v) is 8.50. The minimum atomic E-state index is -0.0629. The standard InChI is InChI=1S/C18H17ClN4O2/c1-12-2-5-16(25-12)18(24)23-8-6-22(7-9-23)17-14-4-3-13(19)10-15(14)20-11-21-17/h2-5,10-11H,6-9H2,1H3. The maximum Gasteiger partial charge on any atom is 0.289 e. The van der Waals surface area contributed by atoms with Crippen molar-refractivity contribution in [2.24, 2.45) is 0 Å². The van der Waals surface area contributed by atoms with Gasteiger partial charge in [0, 0.05) is 36.6 Å². The van der Waals surface area contributed by atoms with E-state index in [1.807, 2.05) is 36.1 Å². The molecule has 0 N–H and O–H groups in total. The lowest BCUT2D eigenvalue weighted by Gasteiger charge is -2.35. The van der Waals surface area contributed by atoms with Crippen LogP contribution in [0.3, 0.4) is 0 Å². The lowest BCUT2D eigenvalue weighted by molar-refractivity contribution is 0.0713. The zero-order valence-electron chi connectivity index (χ0n) is 13.8. The second-order valence-electron chi connectivity index (χ2n) is 6.05. The third kappa shape index (κ3) is 3.05. The van der Waals surface area contributed by atoms with Gasteiger partial charge in [0.2, 0.25) is 0 Å². The van der Waals surface area contributed by atoms with E-state index in [0.29, 0.717) is 37.0 Å². The molecule has 128 valence electrons. The van der Waals surface area contributed by atoms with E-state index in [1.54, 1.807) is 12.4 Å². The minimum absolute atomic E-state index is 0.0629. The van der Waals surface area contributed by atoms with Gasteiger partial charge in [-0.3, -0.25) is 4.79 Å². The molecule has 3 heterocycles. The summed E-state index contributed by atoms with van der Waals surface area (Å²) >= 11 is 6.04. The van der Waals surface area contributed by atoms with Gasteiger partial charge in [0.15, 0.2) is 5.76 Å². The van der Waals surface area contributed by atoms with Crippen LogP contribution in [0.2, 0.25) is 5.02 Å². The highest BCUT2D eigenvalue weighted by atomic mass is 35.5. The number of hydrogen-bond acceptors (Lipinski definition) is 5. The molecule has 1 fully saturated rings. The van der Waals surface area contributed by atoms with Crippen molar-refractivity contribution in [2.45, 2.75) is 6.92 Å². The van der Waals surface area contributed by atoms with Crippen LogP contribution in [-0.2, 0) is 0 Å². The molecule has 1 amide bonds.